The molecule has 0 unspecified atom stereocenters. The van der Waals surface area contributed by atoms with Crippen LogP contribution in [0.3, 0.4) is 0 Å². The number of aromatic nitrogens is 2. The molecule has 2 heterocycles. The molecule has 3 rings (SSSR count). The lowest BCUT2D eigenvalue weighted by Crippen LogP contribution is -2.21. The molecule has 3 aromatic rings. The Morgan fingerprint density at radius 3 is 2.59 bits per heavy atom. The van der Waals surface area contributed by atoms with Gasteiger partial charge in [0.2, 0.25) is 5.79 Å². The van der Waals surface area contributed by atoms with Gasteiger partial charge in [0, 0.05) is 28.5 Å². The van der Waals surface area contributed by atoms with Gasteiger partial charge in [-0.25, -0.2) is 4.98 Å². The van der Waals surface area contributed by atoms with E-state index in [1.54, 1.807) is 18.3 Å². The number of nitrogens with one attached hydrogen (secondary N) is 1. The minimum Gasteiger partial charge on any atom is -0.361 e. The molecule has 22 heavy (non-hydrogen) atoms. The first-order valence-corrected chi connectivity index (χ1v) is 7.04. The predicted octanol–water partition coefficient (Wildman–Crippen LogP) is 3.18. The summed E-state index contributed by atoms with van der Waals surface area (Å²) in [4.78, 5) is 8.27. The third kappa shape index (κ3) is 3.01. The molecular weight excluding hydrogens is 302 g/mol. The number of hydrogen-bond donors (Lipinski definition) is 3. The predicted molar refractivity (Wildman–Crippen MR) is 86.1 cm³/mol. The first-order valence-electron chi connectivity index (χ1n) is 6.66. The first kappa shape index (κ1) is 14.7. The number of hydrogen-bond acceptors (Lipinski definition) is 5. The Hall–Kier alpha value is -2.21. The van der Waals surface area contributed by atoms with Gasteiger partial charge in [-0.15, -0.1) is 0 Å². The lowest BCUT2D eigenvalue weighted by molar-refractivity contribution is -0.155. The molecule has 5 nitrogen and oxygen atoms in total. The maximum absolute atomic E-state index is 9.62. The average Bonchev–Trinajstić information content (AvgIpc) is 2.47. The molecule has 0 fully saturated rings. The number of benzene rings is 1. The van der Waals surface area contributed by atoms with Crippen molar-refractivity contribution in [2.75, 3.05) is 5.32 Å². The summed E-state index contributed by atoms with van der Waals surface area (Å²) in [5, 5.41) is 24.9. The fraction of sp³-hybridized carbons (Fsp3) is 0.125. The molecular formula is C16H14ClN3O2. The second-order valence-corrected chi connectivity index (χ2v) is 5.54. The maximum Gasteiger partial charge on any atom is 0.204 e. The number of anilines is 2. The van der Waals surface area contributed by atoms with Gasteiger partial charge in [0.05, 0.1) is 0 Å². The van der Waals surface area contributed by atoms with Crippen molar-refractivity contribution < 1.29 is 10.2 Å². The van der Waals surface area contributed by atoms with Crippen LogP contribution in [0, 0.1) is 0 Å². The molecule has 0 saturated heterocycles. The highest BCUT2D eigenvalue weighted by Crippen LogP contribution is 2.27. The highest BCUT2D eigenvalue weighted by Gasteiger charge is 2.20. The molecule has 3 N–H and O–H groups in total. The topological polar surface area (TPSA) is 78.3 Å². The van der Waals surface area contributed by atoms with Crippen LogP contribution in [-0.2, 0) is 5.79 Å². The van der Waals surface area contributed by atoms with Crippen LogP contribution in [0.25, 0.3) is 10.8 Å². The van der Waals surface area contributed by atoms with Gasteiger partial charge in [-0.1, -0.05) is 17.7 Å². The van der Waals surface area contributed by atoms with E-state index in [2.05, 4.69) is 15.3 Å². The minimum absolute atomic E-state index is 0.149. The molecule has 6 heteroatoms. The molecule has 0 saturated carbocycles. The molecule has 0 atom stereocenters. The van der Waals surface area contributed by atoms with Crippen molar-refractivity contribution in [3.8, 4) is 0 Å². The van der Waals surface area contributed by atoms with Gasteiger partial charge in [-0.3, -0.25) is 4.98 Å². The summed E-state index contributed by atoms with van der Waals surface area (Å²) in [5.74, 6) is -1.36. The Morgan fingerprint density at radius 2 is 1.82 bits per heavy atom. The van der Waals surface area contributed by atoms with Gasteiger partial charge in [-0.2, -0.15) is 0 Å². The van der Waals surface area contributed by atoms with E-state index in [0.29, 0.717) is 16.5 Å². The smallest absolute Gasteiger partial charge is 0.204 e. The Labute approximate surface area is 132 Å². The van der Waals surface area contributed by atoms with Crippen LogP contribution in [0.1, 0.15) is 12.6 Å². The van der Waals surface area contributed by atoms with Crippen molar-refractivity contribution in [3.63, 3.8) is 0 Å². The number of pyridine rings is 2. The van der Waals surface area contributed by atoms with E-state index in [-0.39, 0.29) is 5.69 Å². The lowest BCUT2D eigenvalue weighted by atomic mass is 10.1. The molecule has 0 radical (unpaired) electrons. The molecule has 2 aromatic heterocycles. The molecule has 0 aliphatic carbocycles. The Kier molecular flexibility index (Phi) is 3.70. The fourth-order valence-electron chi connectivity index (χ4n) is 2.14. The summed E-state index contributed by atoms with van der Waals surface area (Å²) in [6.07, 6.45) is 3.20. The van der Waals surface area contributed by atoms with E-state index >= 15 is 0 Å². The number of halogens is 1. The molecule has 0 amide bonds. The maximum atomic E-state index is 9.62. The van der Waals surface area contributed by atoms with Crippen LogP contribution < -0.4 is 5.32 Å². The van der Waals surface area contributed by atoms with E-state index in [4.69, 9.17) is 11.6 Å². The summed E-state index contributed by atoms with van der Waals surface area (Å²) < 4.78 is 0. The standard InChI is InChI=1S/C16H14ClN3O2/c1-16(21,22)14-9-12(5-7-18-14)20-15-13-8-11(17)3-2-10(13)4-6-19-15/h2-9,21-22H,1H3,(H,18,19,20). The zero-order valence-electron chi connectivity index (χ0n) is 11.8. The molecule has 0 aliphatic heterocycles. The summed E-state index contributed by atoms with van der Waals surface area (Å²) in [7, 11) is 0. The quantitative estimate of drug-likeness (QED) is 0.647. The van der Waals surface area contributed by atoms with Crippen LogP contribution in [-0.4, -0.2) is 20.2 Å². The largest absolute Gasteiger partial charge is 0.361 e. The monoisotopic (exact) mass is 315 g/mol. The Morgan fingerprint density at radius 1 is 1.05 bits per heavy atom. The van der Waals surface area contributed by atoms with Crippen molar-refractivity contribution in [2.45, 2.75) is 12.7 Å². The van der Waals surface area contributed by atoms with Crippen molar-refractivity contribution in [2.24, 2.45) is 0 Å². The minimum atomic E-state index is -1.99. The van der Waals surface area contributed by atoms with Gasteiger partial charge in [0.15, 0.2) is 0 Å². The fourth-order valence-corrected chi connectivity index (χ4v) is 2.32. The zero-order chi connectivity index (χ0) is 15.7. The highest BCUT2D eigenvalue weighted by molar-refractivity contribution is 6.31. The van der Waals surface area contributed by atoms with Crippen LogP contribution in [0.2, 0.25) is 5.02 Å². The van der Waals surface area contributed by atoms with Gasteiger partial charge in [0.1, 0.15) is 11.5 Å². The zero-order valence-corrected chi connectivity index (χ0v) is 12.5. The second kappa shape index (κ2) is 5.53. The Bertz CT molecular complexity index is 831. The van der Waals surface area contributed by atoms with Crippen molar-refractivity contribution in [1.82, 2.24) is 9.97 Å². The van der Waals surface area contributed by atoms with E-state index < -0.39 is 5.79 Å². The van der Waals surface area contributed by atoms with Crippen molar-refractivity contribution in [3.05, 3.63) is 59.5 Å². The average molecular weight is 316 g/mol. The number of nitrogens with zero attached hydrogens (tertiary/aromatic N) is 2. The normalized spacial score (nSPS) is 11.6. The van der Waals surface area contributed by atoms with E-state index in [1.807, 2.05) is 24.3 Å². The molecule has 0 aliphatic rings. The van der Waals surface area contributed by atoms with E-state index in [0.717, 1.165) is 10.8 Å². The second-order valence-electron chi connectivity index (χ2n) is 5.10. The molecule has 0 bridgehead atoms. The summed E-state index contributed by atoms with van der Waals surface area (Å²) in [6.45, 7) is 1.26. The Balaban J connectivity index is 2.02. The molecule has 112 valence electrons. The summed E-state index contributed by atoms with van der Waals surface area (Å²) in [5.41, 5.74) is 0.801. The van der Waals surface area contributed by atoms with E-state index in [1.165, 1.54) is 13.1 Å². The van der Waals surface area contributed by atoms with E-state index in [9.17, 15) is 10.2 Å². The van der Waals surface area contributed by atoms with Gasteiger partial charge >= 0.3 is 0 Å². The summed E-state index contributed by atoms with van der Waals surface area (Å²) in [6, 6.07) is 10.7. The van der Waals surface area contributed by atoms with Crippen LogP contribution in [0.4, 0.5) is 11.5 Å². The van der Waals surface area contributed by atoms with Crippen LogP contribution in [0.5, 0.6) is 0 Å². The lowest BCUT2D eigenvalue weighted by Gasteiger charge is -2.16. The highest BCUT2D eigenvalue weighted by atomic mass is 35.5. The van der Waals surface area contributed by atoms with Crippen LogP contribution in [0.15, 0.2) is 48.8 Å². The number of rotatable bonds is 3. The third-order valence-electron chi connectivity index (χ3n) is 3.24. The SMILES string of the molecule is CC(O)(O)c1cc(Nc2nccc3ccc(Cl)cc23)ccn1. The van der Waals surface area contributed by atoms with Gasteiger partial charge < -0.3 is 15.5 Å². The molecule has 0 spiro atoms. The van der Waals surface area contributed by atoms with Crippen LogP contribution >= 0.6 is 11.6 Å². The van der Waals surface area contributed by atoms with Crippen molar-refractivity contribution in [1.29, 1.82) is 0 Å². The van der Waals surface area contributed by atoms with Crippen molar-refractivity contribution >= 4 is 33.9 Å². The number of fused-ring (bicyclic) bond motifs is 1. The number of aliphatic hydroxyl groups is 2. The van der Waals surface area contributed by atoms with Gasteiger partial charge in [-0.05, 0) is 42.6 Å². The summed E-state index contributed by atoms with van der Waals surface area (Å²) >= 11 is 6.05. The molecule has 1 aromatic carbocycles. The van der Waals surface area contributed by atoms with Gasteiger partial charge in [0.25, 0.3) is 0 Å². The first-order chi connectivity index (χ1) is 10.4. The third-order valence-corrected chi connectivity index (χ3v) is 3.47.